The summed E-state index contributed by atoms with van der Waals surface area (Å²) in [6, 6.07) is 10.5. The quantitative estimate of drug-likeness (QED) is 0.925. The van der Waals surface area contributed by atoms with E-state index in [4.69, 9.17) is 17.3 Å². The number of nitrogens with two attached hydrogens (primary N) is 1. The summed E-state index contributed by atoms with van der Waals surface area (Å²) in [7, 11) is 0. The van der Waals surface area contributed by atoms with E-state index in [1.807, 2.05) is 6.07 Å². The molecular weight excluding hydrogens is 288 g/mol. The zero-order chi connectivity index (χ0) is 14.7. The first-order valence-electron chi connectivity index (χ1n) is 6.89. The Morgan fingerprint density at radius 3 is 2.38 bits per heavy atom. The molecule has 1 aromatic carbocycles. The second-order valence-electron chi connectivity index (χ2n) is 5.01. The lowest BCUT2D eigenvalue weighted by Gasteiger charge is -2.34. The van der Waals surface area contributed by atoms with E-state index in [0.717, 1.165) is 32.7 Å². The standard InChI is InChI=1S/C14H17ClN6/c15-12-17-13(16)19-14(18-12)21-8-6-20(7-9-21)10-11-4-2-1-3-5-11/h1-5H,6-10H2,(H2,16,17,18,19). The Labute approximate surface area is 128 Å². The minimum atomic E-state index is 0.143. The molecule has 1 fully saturated rings. The minimum absolute atomic E-state index is 0.143. The Bertz CT molecular complexity index is 577. The summed E-state index contributed by atoms with van der Waals surface area (Å²) < 4.78 is 0. The van der Waals surface area contributed by atoms with Gasteiger partial charge in [-0.3, -0.25) is 4.90 Å². The van der Waals surface area contributed by atoms with E-state index in [1.54, 1.807) is 0 Å². The smallest absolute Gasteiger partial charge is 0.231 e. The van der Waals surface area contributed by atoms with Crippen LogP contribution in [0.5, 0.6) is 0 Å². The van der Waals surface area contributed by atoms with Crippen molar-refractivity contribution in [2.75, 3.05) is 36.8 Å². The Morgan fingerprint density at radius 1 is 1.00 bits per heavy atom. The van der Waals surface area contributed by atoms with E-state index in [9.17, 15) is 0 Å². The number of anilines is 2. The maximum atomic E-state index is 5.83. The van der Waals surface area contributed by atoms with Gasteiger partial charge in [-0.1, -0.05) is 30.3 Å². The molecule has 0 unspecified atom stereocenters. The Kier molecular flexibility index (Phi) is 4.17. The van der Waals surface area contributed by atoms with Crippen LogP contribution in [0.15, 0.2) is 30.3 Å². The first kappa shape index (κ1) is 14.0. The van der Waals surface area contributed by atoms with Gasteiger partial charge in [0, 0.05) is 32.7 Å². The summed E-state index contributed by atoms with van der Waals surface area (Å²) in [4.78, 5) is 16.6. The zero-order valence-corrected chi connectivity index (χ0v) is 12.4. The van der Waals surface area contributed by atoms with Gasteiger partial charge in [-0.25, -0.2) is 0 Å². The van der Waals surface area contributed by atoms with Gasteiger partial charge in [-0.05, 0) is 17.2 Å². The molecule has 0 radical (unpaired) electrons. The fourth-order valence-electron chi connectivity index (χ4n) is 2.44. The van der Waals surface area contributed by atoms with Crippen LogP contribution >= 0.6 is 11.6 Å². The Morgan fingerprint density at radius 2 is 1.71 bits per heavy atom. The number of rotatable bonds is 3. The molecule has 0 spiro atoms. The summed E-state index contributed by atoms with van der Waals surface area (Å²) in [5.74, 6) is 0.726. The predicted octanol–water partition coefficient (Wildman–Crippen LogP) is 1.43. The molecule has 0 amide bonds. The van der Waals surface area contributed by atoms with Gasteiger partial charge in [0.15, 0.2) is 0 Å². The third kappa shape index (κ3) is 3.59. The second kappa shape index (κ2) is 6.24. The van der Waals surface area contributed by atoms with Gasteiger partial charge < -0.3 is 10.6 Å². The number of benzene rings is 1. The molecule has 7 heteroatoms. The molecule has 0 bridgehead atoms. The molecule has 0 atom stereocenters. The van der Waals surface area contributed by atoms with Crippen LogP contribution in [0.25, 0.3) is 0 Å². The van der Waals surface area contributed by atoms with E-state index in [1.165, 1.54) is 5.56 Å². The maximum absolute atomic E-state index is 5.83. The normalized spacial score (nSPS) is 16.1. The number of piperazine rings is 1. The lowest BCUT2D eigenvalue weighted by molar-refractivity contribution is 0.248. The highest BCUT2D eigenvalue weighted by atomic mass is 35.5. The third-order valence-electron chi connectivity index (χ3n) is 3.52. The van der Waals surface area contributed by atoms with Gasteiger partial charge in [0.05, 0.1) is 0 Å². The summed E-state index contributed by atoms with van der Waals surface area (Å²) in [6.07, 6.45) is 0. The van der Waals surface area contributed by atoms with Crippen molar-refractivity contribution in [3.63, 3.8) is 0 Å². The third-order valence-corrected chi connectivity index (χ3v) is 3.69. The van der Waals surface area contributed by atoms with Crippen molar-refractivity contribution in [2.24, 2.45) is 0 Å². The summed E-state index contributed by atoms with van der Waals surface area (Å²) in [5, 5.41) is 0.143. The van der Waals surface area contributed by atoms with Gasteiger partial charge in [0.2, 0.25) is 17.2 Å². The summed E-state index contributed by atoms with van der Waals surface area (Å²) in [6.45, 7) is 4.59. The van der Waals surface area contributed by atoms with E-state index < -0.39 is 0 Å². The molecular formula is C14H17ClN6. The fourth-order valence-corrected chi connectivity index (χ4v) is 2.61. The molecule has 2 aromatic rings. The van der Waals surface area contributed by atoms with Crippen LogP contribution in [0, 0.1) is 0 Å². The van der Waals surface area contributed by atoms with Gasteiger partial charge in [0.1, 0.15) is 0 Å². The van der Waals surface area contributed by atoms with Crippen LogP contribution in [-0.2, 0) is 6.54 Å². The van der Waals surface area contributed by atoms with Crippen molar-refractivity contribution in [1.29, 1.82) is 0 Å². The van der Waals surface area contributed by atoms with Gasteiger partial charge in [-0.2, -0.15) is 15.0 Å². The van der Waals surface area contributed by atoms with Gasteiger partial charge >= 0.3 is 0 Å². The van der Waals surface area contributed by atoms with Crippen molar-refractivity contribution >= 4 is 23.5 Å². The number of nitrogens with zero attached hydrogens (tertiary/aromatic N) is 5. The van der Waals surface area contributed by atoms with Crippen molar-refractivity contribution in [1.82, 2.24) is 19.9 Å². The van der Waals surface area contributed by atoms with Crippen molar-refractivity contribution in [3.8, 4) is 0 Å². The molecule has 21 heavy (non-hydrogen) atoms. The minimum Gasteiger partial charge on any atom is -0.368 e. The van der Waals surface area contributed by atoms with Crippen LogP contribution in [0.4, 0.5) is 11.9 Å². The van der Waals surface area contributed by atoms with Crippen molar-refractivity contribution in [3.05, 3.63) is 41.2 Å². The molecule has 0 saturated carbocycles. The van der Waals surface area contributed by atoms with Gasteiger partial charge in [-0.15, -0.1) is 0 Å². The SMILES string of the molecule is Nc1nc(Cl)nc(N2CCN(Cc3ccccc3)CC2)n1. The molecule has 110 valence electrons. The lowest BCUT2D eigenvalue weighted by atomic mass is 10.2. The molecule has 2 heterocycles. The number of halogens is 1. The van der Waals surface area contributed by atoms with E-state index in [2.05, 4.69) is 49.0 Å². The highest BCUT2D eigenvalue weighted by Gasteiger charge is 2.19. The van der Waals surface area contributed by atoms with E-state index in [-0.39, 0.29) is 11.2 Å². The van der Waals surface area contributed by atoms with Crippen LogP contribution in [0.2, 0.25) is 5.28 Å². The van der Waals surface area contributed by atoms with Crippen molar-refractivity contribution < 1.29 is 0 Å². The topological polar surface area (TPSA) is 71.2 Å². The van der Waals surface area contributed by atoms with E-state index in [0.29, 0.717) is 5.95 Å². The number of hydrogen-bond donors (Lipinski definition) is 1. The summed E-state index contributed by atoms with van der Waals surface area (Å²) in [5.41, 5.74) is 6.94. The monoisotopic (exact) mass is 304 g/mol. The summed E-state index contributed by atoms with van der Waals surface area (Å²) >= 11 is 5.83. The molecule has 0 aliphatic carbocycles. The number of aromatic nitrogens is 3. The van der Waals surface area contributed by atoms with Crippen LogP contribution < -0.4 is 10.6 Å². The number of nitrogen functional groups attached to an aromatic ring is 1. The predicted molar refractivity (Wildman–Crippen MR) is 83.2 cm³/mol. The molecule has 2 N–H and O–H groups in total. The van der Waals surface area contributed by atoms with E-state index >= 15 is 0 Å². The molecule has 3 rings (SSSR count). The first-order valence-corrected chi connectivity index (χ1v) is 7.27. The molecule has 1 aromatic heterocycles. The molecule has 6 nitrogen and oxygen atoms in total. The number of hydrogen-bond acceptors (Lipinski definition) is 6. The van der Waals surface area contributed by atoms with Crippen LogP contribution in [0.3, 0.4) is 0 Å². The van der Waals surface area contributed by atoms with Gasteiger partial charge in [0.25, 0.3) is 0 Å². The Balaban J connectivity index is 1.60. The van der Waals surface area contributed by atoms with Crippen LogP contribution in [0.1, 0.15) is 5.56 Å². The maximum Gasteiger partial charge on any atom is 0.231 e. The average Bonchev–Trinajstić information content (AvgIpc) is 2.48. The molecule has 1 aliphatic rings. The average molecular weight is 305 g/mol. The fraction of sp³-hybridized carbons (Fsp3) is 0.357. The Hall–Kier alpha value is -1.92. The largest absolute Gasteiger partial charge is 0.368 e. The lowest BCUT2D eigenvalue weighted by Crippen LogP contribution is -2.46. The zero-order valence-electron chi connectivity index (χ0n) is 11.6. The first-order chi connectivity index (χ1) is 10.2. The molecule has 1 aliphatic heterocycles. The van der Waals surface area contributed by atoms with Crippen molar-refractivity contribution in [2.45, 2.75) is 6.54 Å². The second-order valence-corrected chi connectivity index (χ2v) is 5.35. The van der Waals surface area contributed by atoms with Crippen LogP contribution in [-0.4, -0.2) is 46.0 Å². The highest BCUT2D eigenvalue weighted by Crippen LogP contribution is 2.15. The molecule has 1 saturated heterocycles. The highest BCUT2D eigenvalue weighted by molar-refractivity contribution is 6.28.